The maximum Gasteiger partial charge on any atom is 0.310 e. The van der Waals surface area contributed by atoms with Gasteiger partial charge in [-0.2, -0.15) is 5.10 Å². The topological polar surface area (TPSA) is 90.5 Å². The molecule has 1 aliphatic heterocycles. The summed E-state index contributed by atoms with van der Waals surface area (Å²) in [4.78, 5) is 11.4. The first-order chi connectivity index (χ1) is 14.1. The molecule has 0 bridgehead atoms. The number of morpholine rings is 1. The first-order valence-electron chi connectivity index (χ1n) is 9.48. The van der Waals surface area contributed by atoms with Crippen LogP contribution in [0, 0.1) is 0 Å². The number of carboxylic acids is 1. The Kier molecular flexibility index (Phi) is 7.04. The van der Waals surface area contributed by atoms with Crippen LogP contribution in [-0.2, 0) is 9.53 Å². The van der Waals surface area contributed by atoms with Crippen molar-refractivity contribution >= 4 is 5.97 Å². The third kappa shape index (κ3) is 5.04. The number of carboxylic acid groups (broad SMARTS) is 1. The first kappa shape index (κ1) is 20.6. The van der Waals surface area contributed by atoms with Crippen molar-refractivity contribution in [2.75, 3.05) is 33.4 Å². The van der Waals surface area contributed by atoms with Crippen molar-refractivity contribution in [2.24, 2.45) is 0 Å². The molecule has 1 aliphatic rings. The molecule has 0 saturated carbocycles. The van der Waals surface area contributed by atoms with Gasteiger partial charge in [-0.15, -0.1) is 0 Å². The molecule has 8 nitrogen and oxygen atoms in total. The zero-order valence-corrected chi connectivity index (χ0v) is 16.6. The first-order valence-corrected chi connectivity index (χ1v) is 9.48. The molecule has 0 amide bonds. The van der Waals surface area contributed by atoms with Gasteiger partial charge in [0.25, 0.3) is 0 Å². The van der Waals surface area contributed by atoms with Gasteiger partial charge in [-0.3, -0.25) is 4.79 Å². The van der Waals surface area contributed by atoms with Gasteiger partial charge in [0.2, 0.25) is 0 Å². The summed E-state index contributed by atoms with van der Waals surface area (Å²) in [6, 6.07) is 11.2. The number of benzene rings is 1. The minimum Gasteiger partial charge on any atom is -0.497 e. The van der Waals surface area contributed by atoms with E-state index in [9.17, 15) is 9.90 Å². The monoisotopic (exact) mass is 398 g/mol. The molecule has 1 atom stereocenters. The number of carbonyl (C=O) groups is 1. The number of methoxy groups -OCH3 is 1. The maximum atomic E-state index is 11.4. The van der Waals surface area contributed by atoms with E-state index in [1.807, 2.05) is 53.4 Å². The fraction of sp³-hybridized carbons (Fsp3) is 0.333. The Bertz CT molecular complexity index is 888. The second-order valence-corrected chi connectivity index (χ2v) is 6.55. The summed E-state index contributed by atoms with van der Waals surface area (Å²) in [5.74, 6) is -0.0651. The summed E-state index contributed by atoms with van der Waals surface area (Å²) in [5, 5.41) is 16.9. The van der Waals surface area contributed by atoms with Gasteiger partial charge in [-0.1, -0.05) is 0 Å². The largest absolute Gasteiger partial charge is 0.497 e. The zero-order valence-electron chi connectivity index (χ0n) is 16.6. The van der Waals surface area contributed by atoms with E-state index >= 15 is 0 Å². The molecule has 0 radical (unpaired) electrons. The molecular formula is C21H26N4O4. The van der Waals surface area contributed by atoms with E-state index < -0.39 is 11.9 Å². The summed E-state index contributed by atoms with van der Waals surface area (Å²) in [5.41, 5.74) is 1.49. The van der Waals surface area contributed by atoms with Gasteiger partial charge in [-0.05, 0) is 43.3 Å². The molecule has 0 spiro atoms. The van der Waals surface area contributed by atoms with Crippen LogP contribution in [-0.4, -0.2) is 58.8 Å². The maximum absolute atomic E-state index is 11.4. The lowest BCUT2D eigenvalue weighted by Gasteiger charge is -2.13. The van der Waals surface area contributed by atoms with E-state index in [-0.39, 0.29) is 0 Å². The number of aliphatic carboxylic acids is 1. The number of ether oxygens (including phenoxy) is 2. The number of hydrogen-bond acceptors (Lipinski definition) is 5. The predicted octanol–water partition coefficient (Wildman–Crippen LogP) is 2.47. The highest BCUT2D eigenvalue weighted by Gasteiger charge is 2.23. The van der Waals surface area contributed by atoms with Crippen molar-refractivity contribution in [3.63, 3.8) is 0 Å². The van der Waals surface area contributed by atoms with Crippen molar-refractivity contribution in [1.82, 2.24) is 19.7 Å². The summed E-state index contributed by atoms with van der Waals surface area (Å²) < 4.78 is 13.8. The van der Waals surface area contributed by atoms with Crippen LogP contribution in [0.25, 0.3) is 11.5 Å². The third-order valence-corrected chi connectivity index (χ3v) is 4.62. The number of hydrogen-bond donors (Lipinski definition) is 2. The Morgan fingerprint density at radius 2 is 1.86 bits per heavy atom. The molecule has 1 saturated heterocycles. The van der Waals surface area contributed by atoms with E-state index in [0.717, 1.165) is 43.6 Å². The average Bonchev–Trinajstić information content (AvgIpc) is 3.44. The van der Waals surface area contributed by atoms with Gasteiger partial charge in [0, 0.05) is 31.0 Å². The van der Waals surface area contributed by atoms with Crippen LogP contribution in [0.5, 0.6) is 5.75 Å². The quantitative estimate of drug-likeness (QED) is 0.686. The average molecular weight is 398 g/mol. The van der Waals surface area contributed by atoms with Crippen molar-refractivity contribution < 1.29 is 19.4 Å². The number of aromatic nitrogens is 3. The Morgan fingerprint density at radius 3 is 2.34 bits per heavy atom. The van der Waals surface area contributed by atoms with Crippen molar-refractivity contribution in [3.8, 4) is 17.3 Å². The van der Waals surface area contributed by atoms with Crippen LogP contribution in [0.2, 0.25) is 0 Å². The molecule has 2 aromatic heterocycles. The van der Waals surface area contributed by atoms with Crippen LogP contribution < -0.4 is 10.1 Å². The fourth-order valence-corrected chi connectivity index (χ4v) is 2.96. The molecule has 8 heteroatoms. The lowest BCUT2D eigenvalue weighted by molar-refractivity contribution is -0.138. The molecule has 3 heterocycles. The van der Waals surface area contributed by atoms with Crippen LogP contribution in [0.4, 0.5) is 0 Å². The van der Waals surface area contributed by atoms with Crippen molar-refractivity contribution in [3.05, 3.63) is 60.6 Å². The Labute approximate surface area is 169 Å². The minimum atomic E-state index is -0.882. The highest BCUT2D eigenvalue weighted by atomic mass is 16.5. The Morgan fingerprint density at radius 1 is 1.21 bits per heavy atom. The van der Waals surface area contributed by atoms with Gasteiger partial charge < -0.3 is 24.5 Å². The van der Waals surface area contributed by atoms with E-state index in [4.69, 9.17) is 9.47 Å². The van der Waals surface area contributed by atoms with E-state index in [2.05, 4.69) is 10.4 Å². The lowest BCUT2D eigenvalue weighted by atomic mass is 10.0. The molecule has 0 aliphatic carbocycles. The van der Waals surface area contributed by atoms with Gasteiger partial charge in [0.05, 0.1) is 38.1 Å². The molecular weight excluding hydrogens is 372 g/mol. The van der Waals surface area contributed by atoms with Gasteiger partial charge in [-0.25, -0.2) is 4.68 Å². The van der Waals surface area contributed by atoms with Crippen LogP contribution in [0.1, 0.15) is 18.4 Å². The molecule has 154 valence electrons. The van der Waals surface area contributed by atoms with Crippen LogP contribution >= 0.6 is 0 Å². The van der Waals surface area contributed by atoms with E-state index in [1.54, 1.807) is 24.9 Å². The number of nitrogens with one attached hydrogen (secondary N) is 1. The smallest absolute Gasteiger partial charge is 0.310 e. The van der Waals surface area contributed by atoms with E-state index in [0.29, 0.717) is 5.56 Å². The number of nitrogens with zero attached hydrogens (tertiary/aromatic N) is 3. The fourth-order valence-electron chi connectivity index (χ4n) is 2.96. The van der Waals surface area contributed by atoms with Crippen molar-refractivity contribution in [2.45, 2.75) is 12.8 Å². The SMILES string of the molecule is C1COCCN1.COc1ccc(-n2ncc(C(C)C(=O)O)c2-n2cccc2)cc1. The van der Waals surface area contributed by atoms with Crippen molar-refractivity contribution in [1.29, 1.82) is 0 Å². The molecule has 1 fully saturated rings. The summed E-state index contributed by atoms with van der Waals surface area (Å²) in [7, 11) is 1.61. The lowest BCUT2D eigenvalue weighted by Crippen LogP contribution is -2.30. The summed E-state index contributed by atoms with van der Waals surface area (Å²) in [6.45, 7) is 5.49. The van der Waals surface area contributed by atoms with Crippen LogP contribution in [0.15, 0.2) is 55.0 Å². The highest BCUT2D eigenvalue weighted by molar-refractivity contribution is 5.77. The Hall–Kier alpha value is -3.10. The molecule has 1 unspecified atom stereocenters. The Balaban J connectivity index is 0.000000343. The second-order valence-electron chi connectivity index (χ2n) is 6.55. The van der Waals surface area contributed by atoms with Gasteiger partial charge in [0.1, 0.15) is 11.6 Å². The van der Waals surface area contributed by atoms with Gasteiger partial charge in [0.15, 0.2) is 0 Å². The van der Waals surface area contributed by atoms with E-state index in [1.165, 1.54) is 0 Å². The molecule has 1 aromatic carbocycles. The molecule has 3 aromatic rings. The van der Waals surface area contributed by atoms with Gasteiger partial charge >= 0.3 is 5.97 Å². The van der Waals surface area contributed by atoms with Crippen LogP contribution in [0.3, 0.4) is 0 Å². The minimum absolute atomic E-state index is 0.653. The normalized spacial score (nSPS) is 14.6. The molecule has 29 heavy (non-hydrogen) atoms. The molecule has 2 N–H and O–H groups in total. The molecule has 4 rings (SSSR count). The third-order valence-electron chi connectivity index (χ3n) is 4.62. The highest BCUT2D eigenvalue weighted by Crippen LogP contribution is 2.27. The standard InChI is InChI=1S/C17H17N3O3.C4H9NO/c1-12(17(21)22)15-11-18-20(16(15)19-9-3-4-10-19)13-5-7-14(23-2)8-6-13;1-3-6-4-2-5-1/h3-12H,1-2H3,(H,21,22);5H,1-4H2. The summed E-state index contributed by atoms with van der Waals surface area (Å²) in [6.07, 6.45) is 5.35. The predicted molar refractivity (Wildman–Crippen MR) is 109 cm³/mol. The number of rotatable bonds is 5. The summed E-state index contributed by atoms with van der Waals surface area (Å²) >= 11 is 0. The second kappa shape index (κ2) is 9.90. The zero-order chi connectivity index (χ0) is 20.6.